The zero-order valence-corrected chi connectivity index (χ0v) is 14.8. The minimum atomic E-state index is -0.660. The van der Waals surface area contributed by atoms with Gasteiger partial charge in [0.1, 0.15) is 11.6 Å². The van der Waals surface area contributed by atoms with Crippen LogP contribution in [-0.4, -0.2) is 30.6 Å². The molecule has 26 heavy (non-hydrogen) atoms. The zero-order valence-electron chi connectivity index (χ0n) is 14.8. The lowest BCUT2D eigenvalue weighted by atomic mass is 10.1. The monoisotopic (exact) mass is 359 g/mol. The largest absolute Gasteiger partial charge is 0.338 e. The first kappa shape index (κ1) is 18.3. The molecule has 1 aliphatic rings. The van der Waals surface area contributed by atoms with Crippen LogP contribution in [0.3, 0.4) is 0 Å². The van der Waals surface area contributed by atoms with Gasteiger partial charge in [-0.25, -0.2) is 13.6 Å². The van der Waals surface area contributed by atoms with E-state index < -0.39 is 17.7 Å². The van der Waals surface area contributed by atoms with Gasteiger partial charge in [-0.1, -0.05) is 29.8 Å². The Labute approximate surface area is 152 Å². The summed E-state index contributed by atoms with van der Waals surface area (Å²) in [6.45, 7) is 5.37. The average molecular weight is 359 g/mol. The van der Waals surface area contributed by atoms with Crippen molar-refractivity contribution >= 4 is 11.7 Å². The highest BCUT2D eigenvalue weighted by atomic mass is 19.1. The molecule has 1 atom stereocenters. The fourth-order valence-electron chi connectivity index (χ4n) is 3.17. The molecule has 1 fully saturated rings. The van der Waals surface area contributed by atoms with E-state index in [1.165, 1.54) is 11.1 Å². The predicted molar refractivity (Wildman–Crippen MR) is 97.9 cm³/mol. The van der Waals surface area contributed by atoms with Gasteiger partial charge in [-0.15, -0.1) is 0 Å². The molecule has 138 valence electrons. The number of rotatable bonds is 5. The summed E-state index contributed by atoms with van der Waals surface area (Å²) in [5.74, 6) is -0.903. The number of carbonyl (C=O) groups excluding carboxylic acids is 1. The van der Waals surface area contributed by atoms with Gasteiger partial charge in [0.2, 0.25) is 0 Å². The normalized spacial score (nSPS) is 17.3. The van der Waals surface area contributed by atoms with Crippen molar-refractivity contribution in [1.82, 2.24) is 10.2 Å². The molecule has 0 aromatic heterocycles. The number of amides is 2. The van der Waals surface area contributed by atoms with E-state index >= 15 is 0 Å². The maximum atomic E-state index is 13.5. The predicted octanol–water partition coefficient (Wildman–Crippen LogP) is 3.92. The van der Waals surface area contributed by atoms with Crippen molar-refractivity contribution in [1.29, 1.82) is 0 Å². The van der Waals surface area contributed by atoms with E-state index in [-0.39, 0.29) is 5.69 Å². The molecule has 0 aliphatic carbocycles. The highest BCUT2D eigenvalue weighted by molar-refractivity contribution is 5.89. The lowest BCUT2D eigenvalue weighted by Crippen LogP contribution is -2.34. The van der Waals surface area contributed by atoms with Gasteiger partial charge < -0.3 is 10.6 Å². The first-order valence-corrected chi connectivity index (χ1v) is 8.77. The first-order chi connectivity index (χ1) is 12.5. The number of anilines is 1. The van der Waals surface area contributed by atoms with Gasteiger partial charge in [-0.05, 0) is 43.5 Å². The summed E-state index contributed by atoms with van der Waals surface area (Å²) >= 11 is 0. The third-order valence-electron chi connectivity index (χ3n) is 4.62. The number of benzene rings is 2. The zero-order chi connectivity index (χ0) is 18.5. The molecule has 6 heteroatoms. The van der Waals surface area contributed by atoms with Crippen LogP contribution in [0, 0.1) is 24.5 Å². The van der Waals surface area contributed by atoms with Crippen LogP contribution in [0.1, 0.15) is 17.5 Å². The summed E-state index contributed by atoms with van der Waals surface area (Å²) in [5, 5.41) is 5.10. The van der Waals surface area contributed by atoms with Gasteiger partial charge in [-0.3, -0.25) is 4.90 Å². The molecule has 2 N–H and O–H groups in total. The molecular weight excluding hydrogens is 336 g/mol. The van der Waals surface area contributed by atoms with E-state index in [4.69, 9.17) is 0 Å². The van der Waals surface area contributed by atoms with E-state index in [1.54, 1.807) is 0 Å². The Kier molecular flexibility index (Phi) is 5.83. The molecule has 0 unspecified atom stereocenters. The SMILES string of the molecule is Cc1ccc(CN2CC[C@@H](CNC(=O)Nc3cc(F)ccc3F)C2)cc1. The number of hydrogen-bond donors (Lipinski definition) is 2. The van der Waals surface area contributed by atoms with Gasteiger partial charge in [0, 0.05) is 25.7 Å². The average Bonchev–Trinajstić information content (AvgIpc) is 3.06. The topological polar surface area (TPSA) is 44.4 Å². The Morgan fingerprint density at radius 2 is 1.96 bits per heavy atom. The van der Waals surface area contributed by atoms with E-state index in [0.29, 0.717) is 12.5 Å². The van der Waals surface area contributed by atoms with Gasteiger partial charge >= 0.3 is 6.03 Å². The van der Waals surface area contributed by atoms with Crippen LogP contribution in [0.4, 0.5) is 19.3 Å². The smallest absolute Gasteiger partial charge is 0.319 e. The van der Waals surface area contributed by atoms with Crippen molar-refractivity contribution < 1.29 is 13.6 Å². The molecule has 0 bridgehead atoms. The Morgan fingerprint density at radius 1 is 1.19 bits per heavy atom. The Balaban J connectivity index is 1.43. The Morgan fingerprint density at radius 3 is 2.73 bits per heavy atom. The Hall–Kier alpha value is -2.47. The summed E-state index contributed by atoms with van der Waals surface area (Å²) in [6.07, 6.45) is 1.00. The molecule has 2 aromatic rings. The molecule has 1 heterocycles. The van der Waals surface area contributed by atoms with Crippen molar-refractivity contribution in [3.05, 3.63) is 65.2 Å². The summed E-state index contributed by atoms with van der Waals surface area (Å²) < 4.78 is 26.7. The third kappa shape index (κ3) is 5.02. The second kappa shape index (κ2) is 8.27. The van der Waals surface area contributed by atoms with Crippen molar-refractivity contribution in [2.45, 2.75) is 19.9 Å². The first-order valence-electron chi connectivity index (χ1n) is 8.77. The quantitative estimate of drug-likeness (QED) is 0.850. The van der Waals surface area contributed by atoms with Crippen molar-refractivity contribution in [3.8, 4) is 0 Å². The highest BCUT2D eigenvalue weighted by Gasteiger charge is 2.23. The minimum Gasteiger partial charge on any atom is -0.338 e. The second-order valence-corrected chi connectivity index (χ2v) is 6.83. The van der Waals surface area contributed by atoms with Crippen LogP contribution in [0.5, 0.6) is 0 Å². The number of nitrogens with zero attached hydrogens (tertiary/aromatic N) is 1. The molecule has 0 radical (unpaired) electrons. The standard InChI is InChI=1S/C20H23F2N3O/c1-14-2-4-15(5-3-14)12-25-9-8-16(13-25)11-23-20(26)24-19-10-17(21)6-7-18(19)22/h2-7,10,16H,8-9,11-13H2,1H3,(H2,23,24,26)/t16-/m0/s1. The summed E-state index contributed by atoms with van der Waals surface area (Å²) in [5.41, 5.74) is 2.37. The van der Waals surface area contributed by atoms with E-state index in [2.05, 4.69) is 46.7 Å². The second-order valence-electron chi connectivity index (χ2n) is 6.83. The summed E-state index contributed by atoms with van der Waals surface area (Å²) in [4.78, 5) is 14.3. The lowest BCUT2D eigenvalue weighted by Gasteiger charge is -2.17. The van der Waals surface area contributed by atoms with Crippen LogP contribution in [-0.2, 0) is 6.54 Å². The third-order valence-corrected chi connectivity index (χ3v) is 4.62. The number of halogens is 2. The molecule has 1 aliphatic heterocycles. The minimum absolute atomic E-state index is 0.157. The van der Waals surface area contributed by atoms with Crippen molar-refractivity contribution in [2.24, 2.45) is 5.92 Å². The van der Waals surface area contributed by atoms with E-state index in [1.807, 2.05) is 0 Å². The number of nitrogens with one attached hydrogen (secondary N) is 2. The van der Waals surface area contributed by atoms with E-state index in [0.717, 1.165) is 44.3 Å². The molecule has 1 saturated heterocycles. The molecule has 0 spiro atoms. The van der Waals surface area contributed by atoms with Crippen LogP contribution < -0.4 is 10.6 Å². The molecule has 2 aromatic carbocycles. The molecule has 4 nitrogen and oxygen atoms in total. The van der Waals surface area contributed by atoms with Crippen molar-refractivity contribution in [2.75, 3.05) is 25.0 Å². The molecule has 3 rings (SSSR count). The summed E-state index contributed by atoms with van der Waals surface area (Å²) in [7, 11) is 0. The number of carbonyl (C=O) groups is 1. The van der Waals surface area contributed by atoms with Crippen molar-refractivity contribution in [3.63, 3.8) is 0 Å². The maximum absolute atomic E-state index is 13.5. The van der Waals surface area contributed by atoms with Gasteiger partial charge in [0.05, 0.1) is 5.69 Å². The number of likely N-dealkylation sites (tertiary alicyclic amines) is 1. The number of aryl methyl sites for hydroxylation is 1. The van der Waals surface area contributed by atoms with E-state index in [9.17, 15) is 13.6 Å². The van der Waals surface area contributed by atoms with Gasteiger partial charge in [-0.2, -0.15) is 0 Å². The fourth-order valence-corrected chi connectivity index (χ4v) is 3.17. The van der Waals surface area contributed by atoms with Gasteiger partial charge in [0.15, 0.2) is 0 Å². The maximum Gasteiger partial charge on any atom is 0.319 e. The van der Waals surface area contributed by atoms with Crippen LogP contribution >= 0.6 is 0 Å². The van der Waals surface area contributed by atoms with Crippen LogP contribution in [0.2, 0.25) is 0 Å². The highest BCUT2D eigenvalue weighted by Crippen LogP contribution is 2.19. The number of urea groups is 1. The van der Waals surface area contributed by atoms with Gasteiger partial charge in [0.25, 0.3) is 0 Å². The summed E-state index contributed by atoms with van der Waals surface area (Å²) in [6, 6.07) is 11.0. The molecular formula is C20H23F2N3O. The number of hydrogen-bond acceptors (Lipinski definition) is 2. The molecule has 0 saturated carbocycles. The Bertz CT molecular complexity index is 764. The van der Waals surface area contributed by atoms with Crippen LogP contribution in [0.25, 0.3) is 0 Å². The lowest BCUT2D eigenvalue weighted by molar-refractivity contribution is 0.249. The molecule has 2 amide bonds. The van der Waals surface area contributed by atoms with Crippen LogP contribution in [0.15, 0.2) is 42.5 Å². The fraction of sp³-hybridized carbons (Fsp3) is 0.350.